The summed E-state index contributed by atoms with van der Waals surface area (Å²) in [6.07, 6.45) is 1.13. The fourth-order valence-corrected chi connectivity index (χ4v) is 3.07. The first-order valence-corrected chi connectivity index (χ1v) is 9.17. The Morgan fingerprint density at radius 2 is 1.96 bits per heavy atom. The van der Waals surface area contributed by atoms with Gasteiger partial charge in [-0.25, -0.2) is 0 Å². The molecule has 8 heteroatoms. The summed E-state index contributed by atoms with van der Waals surface area (Å²) in [6.45, 7) is 6.25. The van der Waals surface area contributed by atoms with E-state index in [0.29, 0.717) is 6.54 Å². The average Bonchev–Trinajstić information content (AvgIpc) is 2.70. The molecule has 2 aromatic rings. The first-order valence-electron chi connectivity index (χ1n) is 9.17. The minimum Gasteiger partial charge on any atom is -0.507 e. The van der Waals surface area contributed by atoms with Crippen LogP contribution in [-0.2, 0) is 4.74 Å². The van der Waals surface area contributed by atoms with Crippen LogP contribution in [-0.4, -0.2) is 56.2 Å². The van der Waals surface area contributed by atoms with E-state index in [4.69, 9.17) is 14.6 Å². The Bertz CT molecular complexity index is 932. The van der Waals surface area contributed by atoms with Gasteiger partial charge in [-0.2, -0.15) is 0 Å². The van der Waals surface area contributed by atoms with E-state index in [2.05, 4.69) is 5.32 Å². The van der Waals surface area contributed by atoms with Crippen molar-refractivity contribution in [3.63, 3.8) is 0 Å². The minimum atomic E-state index is -0.475. The Morgan fingerprint density at radius 1 is 1.21 bits per heavy atom. The summed E-state index contributed by atoms with van der Waals surface area (Å²) in [5.74, 6) is -1.09. The molecule has 0 aliphatic carbocycles. The SMILES string of the molecule is Cc1ccc(O)c(C(=O)c2coc(=N)c(C(=O)NCC[NH+]3CCOCC3)c2)c1. The molecule has 1 amide bonds. The van der Waals surface area contributed by atoms with Gasteiger partial charge in [-0.15, -0.1) is 0 Å². The molecule has 8 nitrogen and oxygen atoms in total. The maximum Gasteiger partial charge on any atom is 0.256 e. The van der Waals surface area contributed by atoms with E-state index in [-0.39, 0.29) is 28.0 Å². The first-order chi connectivity index (χ1) is 13.5. The monoisotopic (exact) mass is 386 g/mol. The fraction of sp³-hybridized carbons (Fsp3) is 0.350. The summed E-state index contributed by atoms with van der Waals surface area (Å²) in [7, 11) is 0. The molecular formula is C20H24N3O5+. The van der Waals surface area contributed by atoms with Crippen LogP contribution in [0.4, 0.5) is 0 Å². The molecule has 1 fully saturated rings. The lowest BCUT2D eigenvalue weighted by Crippen LogP contribution is -3.14. The van der Waals surface area contributed by atoms with Crippen LogP contribution in [0.5, 0.6) is 5.75 Å². The molecule has 0 unspecified atom stereocenters. The Kier molecular flexibility index (Phi) is 6.23. The number of morpholine rings is 1. The quantitative estimate of drug-likeness (QED) is 0.506. The normalized spacial score (nSPS) is 14.6. The van der Waals surface area contributed by atoms with Crippen molar-refractivity contribution >= 4 is 11.7 Å². The molecule has 28 heavy (non-hydrogen) atoms. The number of aromatic hydroxyl groups is 1. The van der Waals surface area contributed by atoms with Crippen LogP contribution in [0.3, 0.4) is 0 Å². The zero-order valence-corrected chi connectivity index (χ0v) is 15.7. The number of carbonyl (C=O) groups excluding carboxylic acids is 2. The molecule has 0 radical (unpaired) electrons. The lowest BCUT2D eigenvalue weighted by atomic mass is 10.0. The highest BCUT2D eigenvalue weighted by Gasteiger charge is 2.19. The third-order valence-corrected chi connectivity index (χ3v) is 4.72. The third-order valence-electron chi connectivity index (χ3n) is 4.72. The van der Waals surface area contributed by atoms with Crippen LogP contribution in [0.2, 0.25) is 0 Å². The molecular weight excluding hydrogens is 362 g/mol. The summed E-state index contributed by atoms with van der Waals surface area (Å²) >= 11 is 0. The number of benzene rings is 1. The van der Waals surface area contributed by atoms with Gasteiger partial charge in [0.25, 0.3) is 5.91 Å². The molecule has 148 valence electrons. The highest BCUT2D eigenvalue weighted by molar-refractivity contribution is 6.11. The molecule has 0 bridgehead atoms. The van der Waals surface area contributed by atoms with Crippen LogP contribution in [0.25, 0.3) is 0 Å². The summed E-state index contributed by atoms with van der Waals surface area (Å²) in [6, 6.07) is 6.03. The number of ether oxygens (including phenoxy) is 1. The molecule has 1 saturated heterocycles. The first kappa shape index (κ1) is 19.8. The number of nitrogens with one attached hydrogen (secondary N) is 3. The lowest BCUT2D eigenvalue weighted by molar-refractivity contribution is -0.906. The minimum absolute atomic E-state index is 0.0185. The summed E-state index contributed by atoms with van der Waals surface area (Å²) in [4.78, 5) is 26.5. The maximum atomic E-state index is 12.7. The van der Waals surface area contributed by atoms with Gasteiger partial charge in [-0.1, -0.05) is 11.6 Å². The molecule has 3 rings (SSSR count). The number of aryl methyl sites for hydroxylation is 1. The van der Waals surface area contributed by atoms with Crippen molar-refractivity contribution in [2.24, 2.45) is 0 Å². The largest absolute Gasteiger partial charge is 0.507 e. The van der Waals surface area contributed by atoms with Crippen LogP contribution < -0.4 is 15.8 Å². The summed E-state index contributed by atoms with van der Waals surface area (Å²) < 4.78 is 10.4. The second-order valence-electron chi connectivity index (χ2n) is 6.80. The molecule has 4 N–H and O–H groups in total. The van der Waals surface area contributed by atoms with Gasteiger partial charge in [-0.05, 0) is 25.1 Å². The van der Waals surface area contributed by atoms with E-state index in [9.17, 15) is 14.7 Å². The smallest absolute Gasteiger partial charge is 0.256 e. The molecule has 0 saturated carbocycles. The van der Waals surface area contributed by atoms with Crippen molar-refractivity contribution in [2.45, 2.75) is 6.92 Å². The Labute approximate surface area is 162 Å². The van der Waals surface area contributed by atoms with Gasteiger partial charge in [0.2, 0.25) is 5.55 Å². The molecule has 1 aliphatic heterocycles. The highest BCUT2D eigenvalue weighted by atomic mass is 16.5. The topological polar surface area (TPSA) is 117 Å². The second kappa shape index (κ2) is 8.81. The van der Waals surface area contributed by atoms with E-state index in [1.54, 1.807) is 12.1 Å². The van der Waals surface area contributed by atoms with Crippen LogP contribution in [0, 0.1) is 12.3 Å². The van der Waals surface area contributed by atoms with Crippen molar-refractivity contribution < 1.29 is 28.7 Å². The van der Waals surface area contributed by atoms with E-state index in [1.165, 1.54) is 17.0 Å². The highest BCUT2D eigenvalue weighted by Crippen LogP contribution is 2.21. The Morgan fingerprint density at radius 3 is 2.71 bits per heavy atom. The van der Waals surface area contributed by atoms with Crippen LogP contribution >= 0.6 is 0 Å². The van der Waals surface area contributed by atoms with E-state index in [0.717, 1.165) is 44.7 Å². The van der Waals surface area contributed by atoms with E-state index in [1.807, 2.05) is 6.92 Å². The van der Waals surface area contributed by atoms with E-state index >= 15 is 0 Å². The lowest BCUT2D eigenvalue weighted by Gasteiger charge is -2.23. The number of rotatable bonds is 6. The summed E-state index contributed by atoms with van der Waals surface area (Å²) in [5.41, 5.74) is 0.700. The average molecular weight is 386 g/mol. The van der Waals surface area contributed by atoms with Gasteiger partial charge >= 0.3 is 0 Å². The van der Waals surface area contributed by atoms with Gasteiger partial charge in [0.1, 0.15) is 30.7 Å². The standard InChI is InChI=1S/C20H23N3O5/c1-13-2-3-17(24)15(10-13)18(25)14-11-16(19(21)28-12-14)20(26)22-4-5-23-6-8-27-9-7-23/h2-3,10-12,21,24H,4-9H2,1H3,(H,22,26)/p+1. The predicted octanol–water partition coefficient (Wildman–Crippen LogP) is -0.351. The Balaban J connectivity index is 1.71. The number of hydrogen-bond acceptors (Lipinski definition) is 6. The van der Waals surface area contributed by atoms with Gasteiger partial charge in [0, 0.05) is 0 Å². The number of carbonyl (C=O) groups is 2. The van der Waals surface area contributed by atoms with E-state index < -0.39 is 11.7 Å². The van der Waals surface area contributed by atoms with Crippen molar-refractivity contribution in [2.75, 3.05) is 39.4 Å². The van der Waals surface area contributed by atoms with Crippen LogP contribution in [0.15, 0.2) is 34.9 Å². The number of ketones is 1. The van der Waals surface area contributed by atoms with Gasteiger partial charge in [0.15, 0.2) is 5.78 Å². The molecule has 1 aromatic carbocycles. The Hall–Kier alpha value is -2.97. The number of amides is 1. The number of phenolic OH excluding ortho intramolecular Hbond substituents is 1. The van der Waals surface area contributed by atoms with Gasteiger partial charge in [0.05, 0.1) is 37.4 Å². The van der Waals surface area contributed by atoms with Crippen molar-refractivity contribution in [3.8, 4) is 5.75 Å². The van der Waals surface area contributed by atoms with Crippen molar-refractivity contribution in [1.29, 1.82) is 5.41 Å². The molecule has 2 heterocycles. The number of phenols is 1. The maximum absolute atomic E-state index is 12.7. The second-order valence-corrected chi connectivity index (χ2v) is 6.80. The van der Waals surface area contributed by atoms with Crippen molar-refractivity contribution in [1.82, 2.24) is 5.32 Å². The van der Waals surface area contributed by atoms with Gasteiger partial charge < -0.3 is 24.5 Å². The zero-order chi connectivity index (χ0) is 20.1. The molecule has 0 spiro atoms. The molecule has 0 atom stereocenters. The third kappa shape index (κ3) is 4.65. The van der Waals surface area contributed by atoms with Crippen molar-refractivity contribution in [3.05, 3.63) is 58.3 Å². The molecule has 1 aliphatic rings. The predicted molar refractivity (Wildman–Crippen MR) is 99.6 cm³/mol. The summed E-state index contributed by atoms with van der Waals surface area (Å²) in [5, 5.41) is 20.6. The number of hydrogen-bond donors (Lipinski definition) is 4. The fourth-order valence-electron chi connectivity index (χ4n) is 3.07. The van der Waals surface area contributed by atoms with Gasteiger partial charge in [-0.3, -0.25) is 15.0 Å². The molecule has 1 aromatic heterocycles. The van der Waals surface area contributed by atoms with Crippen LogP contribution in [0.1, 0.15) is 31.8 Å². The zero-order valence-electron chi connectivity index (χ0n) is 15.7. The number of quaternary nitrogens is 1.